The maximum Gasteiger partial charge on any atom is 0.321 e. The predicted molar refractivity (Wildman–Crippen MR) is 74.5 cm³/mol. The van der Waals surface area contributed by atoms with Crippen LogP contribution in [-0.2, 0) is 9.53 Å². The molecule has 0 spiro atoms. The van der Waals surface area contributed by atoms with Crippen LogP contribution in [0.4, 0.5) is 10.5 Å². The fourth-order valence-electron chi connectivity index (χ4n) is 1.45. The topological polar surface area (TPSA) is 103 Å². The molecule has 110 valence electrons. The van der Waals surface area contributed by atoms with Crippen LogP contribution in [0.25, 0.3) is 0 Å². The van der Waals surface area contributed by atoms with Gasteiger partial charge in [0.1, 0.15) is 5.75 Å². The van der Waals surface area contributed by atoms with Crippen LogP contribution in [0.3, 0.4) is 0 Å². The summed E-state index contributed by atoms with van der Waals surface area (Å²) in [4.78, 5) is 22.8. The van der Waals surface area contributed by atoms with Gasteiger partial charge in [0.15, 0.2) is 6.61 Å². The third-order valence-corrected chi connectivity index (χ3v) is 2.40. The molecule has 1 aromatic rings. The number of nitrogen functional groups attached to an aromatic ring is 1. The van der Waals surface area contributed by atoms with Crippen molar-refractivity contribution in [2.75, 3.05) is 32.6 Å². The first kappa shape index (κ1) is 15.8. The zero-order valence-corrected chi connectivity index (χ0v) is 11.6. The molecule has 1 aromatic carbocycles. The second kappa shape index (κ2) is 8.00. The summed E-state index contributed by atoms with van der Waals surface area (Å²) in [5, 5.41) is 4.61. The Balaban J connectivity index is 2.34. The standard InChI is InChI=1S/C13H19N3O4/c1-9-7-10(14)3-4-11(9)20-8-12(17)16-13(18)15-5-6-19-2/h3-4,7H,5-6,8,14H2,1-2H3,(H2,15,16,17,18). The first-order chi connectivity index (χ1) is 9.52. The van der Waals surface area contributed by atoms with Gasteiger partial charge in [0, 0.05) is 19.3 Å². The number of amides is 3. The summed E-state index contributed by atoms with van der Waals surface area (Å²) in [6, 6.07) is 4.52. The lowest BCUT2D eigenvalue weighted by Crippen LogP contribution is -2.42. The Morgan fingerprint density at radius 2 is 2.10 bits per heavy atom. The van der Waals surface area contributed by atoms with E-state index in [-0.39, 0.29) is 6.61 Å². The molecule has 0 aromatic heterocycles. The summed E-state index contributed by atoms with van der Waals surface area (Å²) < 4.78 is 10.1. The lowest BCUT2D eigenvalue weighted by atomic mass is 10.2. The maximum absolute atomic E-state index is 11.5. The van der Waals surface area contributed by atoms with Gasteiger partial charge in [-0.05, 0) is 30.7 Å². The first-order valence-electron chi connectivity index (χ1n) is 6.08. The van der Waals surface area contributed by atoms with E-state index in [9.17, 15) is 9.59 Å². The molecule has 1 rings (SSSR count). The zero-order chi connectivity index (χ0) is 15.0. The van der Waals surface area contributed by atoms with E-state index in [0.717, 1.165) is 5.56 Å². The Kier molecular flexibility index (Phi) is 6.31. The highest BCUT2D eigenvalue weighted by Gasteiger charge is 2.08. The lowest BCUT2D eigenvalue weighted by molar-refractivity contribution is -0.122. The fourth-order valence-corrected chi connectivity index (χ4v) is 1.45. The smallest absolute Gasteiger partial charge is 0.321 e. The molecule has 0 aliphatic rings. The Labute approximate surface area is 117 Å². The number of hydrogen-bond donors (Lipinski definition) is 3. The van der Waals surface area contributed by atoms with Crippen molar-refractivity contribution in [1.29, 1.82) is 0 Å². The number of urea groups is 1. The molecule has 0 aliphatic carbocycles. The molecular weight excluding hydrogens is 262 g/mol. The van der Waals surface area contributed by atoms with Gasteiger partial charge in [0.2, 0.25) is 0 Å². The minimum absolute atomic E-state index is 0.248. The predicted octanol–water partition coefficient (Wildman–Crippen LogP) is 0.428. The highest BCUT2D eigenvalue weighted by molar-refractivity contribution is 5.95. The number of rotatable bonds is 6. The van der Waals surface area contributed by atoms with Crippen molar-refractivity contribution in [2.24, 2.45) is 0 Å². The largest absolute Gasteiger partial charge is 0.483 e. The van der Waals surface area contributed by atoms with Crippen LogP contribution in [0.2, 0.25) is 0 Å². The van der Waals surface area contributed by atoms with E-state index in [4.69, 9.17) is 15.2 Å². The number of benzene rings is 1. The number of aryl methyl sites for hydroxylation is 1. The molecule has 0 unspecified atom stereocenters. The molecule has 7 heteroatoms. The third-order valence-electron chi connectivity index (χ3n) is 2.40. The number of methoxy groups -OCH3 is 1. The van der Waals surface area contributed by atoms with Gasteiger partial charge < -0.3 is 20.5 Å². The van der Waals surface area contributed by atoms with Crippen molar-refractivity contribution in [3.05, 3.63) is 23.8 Å². The Hall–Kier alpha value is -2.28. The van der Waals surface area contributed by atoms with Crippen LogP contribution >= 0.6 is 0 Å². The van der Waals surface area contributed by atoms with E-state index in [2.05, 4.69) is 10.6 Å². The third kappa shape index (κ3) is 5.57. The van der Waals surface area contributed by atoms with Crippen molar-refractivity contribution in [3.8, 4) is 5.75 Å². The highest BCUT2D eigenvalue weighted by Crippen LogP contribution is 2.19. The monoisotopic (exact) mass is 281 g/mol. The molecule has 0 saturated heterocycles. The van der Waals surface area contributed by atoms with Crippen LogP contribution in [-0.4, -0.2) is 38.8 Å². The number of anilines is 1. The summed E-state index contributed by atoms with van der Waals surface area (Å²) in [6.07, 6.45) is 0. The van der Waals surface area contributed by atoms with E-state index in [1.807, 2.05) is 6.92 Å². The van der Waals surface area contributed by atoms with Crippen molar-refractivity contribution in [2.45, 2.75) is 6.92 Å². The highest BCUT2D eigenvalue weighted by atomic mass is 16.5. The lowest BCUT2D eigenvalue weighted by Gasteiger charge is -2.10. The van der Waals surface area contributed by atoms with Gasteiger partial charge >= 0.3 is 6.03 Å². The van der Waals surface area contributed by atoms with Gasteiger partial charge in [0.05, 0.1) is 6.61 Å². The number of carbonyl (C=O) groups excluding carboxylic acids is 2. The van der Waals surface area contributed by atoms with E-state index in [1.165, 1.54) is 7.11 Å². The minimum Gasteiger partial charge on any atom is -0.483 e. The summed E-state index contributed by atoms with van der Waals surface area (Å²) in [6.45, 7) is 2.28. The summed E-state index contributed by atoms with van der Waals surface area (Å²) >= 11 is 0. The molecule has 0 radical (unpaired) electrons. The number of nitrogens with one attached hydrogen (secondary N) is 2. The summed E-state index contributed by atoms with van der Waals surface area (Å²) in [5.41, 5.74) is 7.05. The molecule has 3 amide bonds. The van der Waals surface area contributed by atoms with Crippen molar-refractivity contribution < 1.29 is 19.1 Å². The molecular formula is C13H19N3O4. The number of carbonyl (C=O) groups is 2. The zero-order valence-electron chi connectivity index (χ0n) is 11.6. The Morgan fingerprint density at radius 3 is 2.75 bits per heavy atom. The van der Waals surface area contributed by atoms with Gasteiger partial charge in [-0.25, -0.2) is 4.79 Å². The van der Waals surface area contributed by atoms with Gasteiger partial charge in [0.25, 0.3) is 5.91 Å². The molecule has 0 atom stereocenters. The minimum atomic E-state index is -0.579. The molecule has 0 saturated carbocycles. The SMILES string of the molecule is COCCNC(=O)NC(=O)COc1ccc(N)cc1C. The van der Waals surface area contributed by atoms with Crippen LogP contribution < -0.4 is 21.1 Å². The first-order valence-corrected chi connectivity index (χ1v) is 6.08. The number of ether oxygens (including phenoxy) is 2. The molecule has 7 nitrogen and oxygen atoms in total. The van der Waals surface area contributed by atoms with Crippen LogP contribution in [0, 0.1) is 6.92 Å². The van der Waals surface area contributed by atoms with Gasteiger partial charge in [-0.2, -0.15) is 0 Å². The maximum atomic E-state index is 11.5. The Morgan fingerprint density at radius 1 is 1.35 bits per heavy atom. The fraction of sp³-hybridized carbons (Fsp3) is 0.385. The average Bonchev–Trinajstić information content (AvgIpc) is 2.38. The second-order valence-corrected chi connectivity index (χ2v) is 4.11. The normalized spacial score (nSPS) is 9.90. The Bertz CT molecular complexity index is 477. The summed E-state index contributed by atoms with van der Waals surface area (Å²) in [5.74, 6) is 0.0188. The number of nitrogens with two attached hydrogens (primary N) is 1. The molecule has 0 aliphatic heterocycles. The van der Waals surface area contributed by atoms with Crippen molar-refractivity contribution in [3.63, 3.8) is 0 Å². The van der Waals surface area contributed by atoms with E-state index >= 15 is 0 Å². The van der Waals surface area contributed by atoms with Crippen molar-refractivity contribution >= 4 is 17.6 Å². The van der Waals surface area contributed by atoms with Gasteiger partial charge in [-0.1, -0.05) is 0 Å². The van der Waals surface area contributed by atoms with E-state index < -0.39 is 11.9 Å². The van der Waals surface area contributed by atoms with Gasteiger partial charge in [-0.3, -0.25) is 10.1 Å². The summed E-state index contributed by atoms with van der Waals surface area (Å²) in [7, 11) is 1.52. The number of hydrogen-bond acceptors (Lipinski definition) is 5. The molecule has 0 fully saturated rings. The van der Waals surface area contributed by atoms with Crippen molar-refractivity contribution in [1.82, 2.24) is 10.6 Å². The molecule has 0 heterocycles. The quantitative estimate of drug-likeness (QED) is 0.518. The average molecular weight is 281 g/mol. The van der Waals surface area contributed by atoms with Gasteiger partial charge in [-0.15, -0.1) is 0 Å². The molecule has 0 bridgehead atoms. The van der Waals surface area contributed by atoms with E-state index in [1.54, 1.807) is 18.2 Å². The van der Waals surface area contributed by atoms with E-state index in [0.29, 0.717) is 24.6 Å². The van der Waals surface area contributed by atoms with Crippen LogP contribution in [0.15, 0.2) is 18.2 Å². The van der Waals surface area contributed by atoms with Crippen LogP contribution in [0.1, 0.15) is 5.56 Å². The van der Waals surface area contributed by atoms with Crippen LogP contribution in [0.5, 0.6) is 5.75 Å². The molecule has 20 heavy (non-hydrogen) atoms. The molecule has 4 N–H and O–H groups in total. The number of imide groups is 1. The second-order valence-electron chi connectivity index (χ2n) is 4.11.